The maximum Gasteiger partial charge on any atom is 0.224 e. The Kier molecular flexibility index (Phi) is 4.21. The third-order valence-electron chi connectivity index (χ3n) is 4.31. The number of ether oxygens (including phenoxy) is 3. The summed E-state index contributed by atoms with van der Waals surface area (Å²) in [4.78, 5) is 13.1. The van der Waals surface area contributed by atoms with Crippen molar-refractivity contribution in [2.75, 3.05) is 31.9 Å². The third-order valence-corrected chi connectivity index (χ3v) is 4.31. The minimum Gasteiger partial charge on any atom is -0.493 e. The molecule has 4 rings (SSSR count). The monoisotopic (exact) mass is 356 g/mol. The Bertz CT molecular complexity index is 936. The highest BCUT2D eigenvalue weighted by Crippen LogP contribution is 2.37. The number of anilines is 3. The highest BCUT2D eigenvalue weighted by atomic mass is 16.5. The van der Waals surface area contributed by atoms with Gasteiger partial charge in [-0.2, -0.15) is 9.97 Å². The van der Waals surface area contributed by atoms with Crippen LogP contribution in [0.15, 0.2) is 24.5 Å². The van der Waals surface area contributed by atoms with Gasteiger partial charge in [-0.25, -0.2) is 4.98 Å². The fraction of sp³-hybridized carbons (Fsp3) is 0.353. The van der Waals surface area contributed by atoms with Crippen LogP contribution in [0.2, 0.25) is 0 Å². The Hall–Kier alpha value is -3.07. The number of hydrogen-bond acceptors (Lipinski definition) is 8. The Morgan fingerprint density at radius 3 is 2.88 bits per heavy atom. The van der Waals surface area contributed by atoms with E-state index >= 15 is 0 Å². The van der Waals surface area contributed by atoms with Crippen molar-refractivity contribution in [1.82, 2.24) is 19.5 Å². The maximum absolute atomic E-state index is 5.93. The lowest BCUT2D eigenvalue weighted by atomic mass is 10.2. The lowest BCUT2D eigenvalue weighted by molar-refractivity contribution is 0.0593. The van der Waals surface area contributed by atoms with E-state index in [-0.39, 0.29) is 12.2 Å². The van der Waals surface area contributed by atoms with Crippen molar-refractivity contribution in [3.8, 4) is 11.5 Å². The largest absolute Gasteiger partial charge is 0.493 e. The number of nitrogens with zero attached hydrogens (tertiary/aromatic N) is 4. The molecule has 1 atom stereocenters. The summed E-state index contributed by atoms with van der Waals surface area (Å²) in [5.74, 6) is 1.83. The molecule has 1 fully saturated rings. The molecule has 1 aliphatic heterocycles. The van der Waals surface area contributed by atoms with Crippen molar-refractivity contribution in [3.63, 3.8) is 0 Å². The second kappa shape index (κ2) is 6.68. The van der Waals surface area contributed by atoms with Crippen molar-refractivity contribution in [3.05, 3.63) is 24.5 Å². The highest BCUT2D eigenvalue weighted by Gasteiger charge is 2.22. The number of nitrogen functional groups attached to an aromatic ring is 1. The zero-order valence-corrected chi connectivity index (χ0v) is 14.6. The summed E-state index contributed by atoms with van der Waals surface area (Å²) in [6, 6.07) is 5.54. The van der Waals surface area contributed by atoms with Gasteiger partial charge in [0.25, 0.3) is 0 Å². The van der Waals surface area contributed by atoms with Crippen molar-refractivity contribution in [2.24, 2.45) is 0 Å². The molecule has 0 radical (unpaired) electrons. The van der Waals surface area contributed by atoms with Crippen molar-refractivity contribution >= 4 is 28.6 Å². The lowest BCUT2D eigenvalue weighted by Gasteiger charge is -2.15. The number of imidazole rings is 1. The minimum atomic E-state index is -0.0755. The van der Waals surface area contributed by atoms with E-state index in [2.05, 4.69) is 20.3 Å². The molecule has 1 saturated heterocycles. The van der Waals surface area contributed by atoms with E-state index in [9.17, 15) is 0 Å². The van der Waals surface area contributed by atoms with Crippen LogP contribution < -0.4 is 20.5 Å². The number of nitrogens with one attached hydrogen (secondary N) is 1. The lowest BCUT2D eigenvalue weighted by Crippen LogP contribution is -2.08. The average Bonchev–Trinajstić information content (AvgIpc) is 3.30. The molecule has 3 N–H and O–H groups in total. The van der Waals surface area contributed by atoms with Crippen molar-refractivity contribution in [2.45, 2.75) is 19.1 Å². The second-order valence-electron chi connectivity index (χ2n) is 5.89. The van der Waals surface area contributed by atoms with Crippen LogP contribution in [-0.2, 0) is 4.74 Å². The zero-order chi connectivity index (χ0) is 18.1. The number of rotatable bonds is 5. The zero-order valence-electron chi connectivity index (χ0n) is 14.6. The van der Waals surface area contributed by atoms with E-state index < -0.39 is 0 Å². The van der Waals surface area contributed by atoms with Gasteiger partial charge in [0.2, 0.25) is 5.95 Å². The van der Waals surface area contributed by atoms with Crippen LogP contribution in [0.3, 0.4) is 0 Å². The third kappa shape index (κ3) is 2.76. The van der Waals surface area contributed by atoms with Gasteiger partial charge in [-0.05, 0) is 25.0 Å². The summed E-state index contributed by atoms with van der Waals surface area (Å²) < 4.78 is 18.4. The molecule has 0 amide bonds. The number of para-hydroxylation sites is 1. The topological polar surface area (TPSA) is 109 Å². The molecule has 0 aliphatic carbocycles. The Morgan fingerprint density at radius 1 is 1.27 bits per heavy atom. The van der Waals surface area contributed by atoms with Crippen molar-refractivity contribution in [1.29, 1.82) is 0 Å². The SMILES string of the molecule is COc1cccc(Nc2nc(N)nc3c2ncn3C2CCCO2)c1OC. The van der Waals surface area contributed by atoms with E-state index in [0.29, 0.717) is 34.2 Å². The number of fused-ring (bicyclic) bond motifs is 1. The van der Waals surface area contributed by atoms with Crippen LogP contribution in [-0.4, -0.2) is 40.3 Å². The molecule has 1 aromatic carbocycles. The van der Waals surface area contributed by atoms with Gasteiger partial charge in [0.15, 0.2) is 28.5 Å². The molecule has 3 aromatic rings. The standard InChI is InChI=1S/C17H20N6O3/c1-24-11-6-3-5-10(14(11)25-2)20-15-13-16(22-17(18)21-15)23(9-19-13)12-7-4-8-26-12/h3,5-6,9,12H,4,7-8H2,1-2H3,(H3,18,20,21,22). The summed E-state index contributed by atoms with van der Waals surface area (Å²) in [5.41, 5.74) is 7.87. The average molecular weight is 356 g/mol. The van der Waals surface area contributed by atoms with E-state index in [4.69, 9.17) is 19.9 Å². The van der Waals surface area contributed by atoms with Crippen LogP contribution >= 0.6 is 0 Å². The summed E-state index contributed by atoms with van der Waals surface area (Å²) in [7, 11) is 3.17. The summed E-state index contributed by atoms with van der Waals surface area (Å²) in [6.07, 6.45) is 3.57. The fourth-order valence-corrected chi connectivity index (χ4v) is 3.12. The number of methoxy groups -OCH3 is 2. The molecular formula is C17H20N6O3. The first-order chi connectivity index (χ1) is 12.7. The molecule has 2 aromatic heterocycles. The van der Waals surface area contributed by atoms with E-state index in [1.165, 1.54) is 0 Å². The van der Waals surface area contributed by atoms with Gasteiger partial charge in [0.05, 0.1) is 26.2 Å². The molecule has 136 valence electrons. The van der Waals surface area contributed by atoms with Gasteiger partial charge in [-0.15, -0.1) is 0 Å². The Morgan fingerprint density at radius 2 is 2.15 bits per heavy atom. The molecule has 26 heavy (non-hydrogen) atoms. The first kappa shape index (κ1) is 16.4. The van der Waals surface area contributed by atoms with E-state index in [1.54, 1.807) is 20.5 Å². The molecule has 1 aliphatic rings. The highest BCUT2D eigenvalue weighted by molar-refractivity contribution is 5.87. The predicted octanol–water partition coefficient (Wildman–Crippen LogP) is 2.48. The number of hydrogen-bond donors (Lipinski definition) is 2. The number of benzene rings is 1. The van der Waals surface area contributed by atoms with Gasteiger partial charge in [0.1, 0.15) is 6.23 Å². The molecule has 0 saturated carbocycles. The first-order valence-corrected chi connectivity index (χ1v) is 8.31. The minimum absolute atomic E-state index is 0.0755. The van der Waals surface area contributed by atoms with Gasteiger partial charge >= 0.3 is 0 Å². The number of nitrogens with two attached hydrogens (primary N) is 1. The second-order valence-corrected chi connectivity index (χ2v) is 5.89. The molecular weight excluding hydrogens is 336 g/mol. The molecule has 0 bridgehead atoms. The maximum atomic E-state index is 5.93. The summed E-state index contributed by atoms with van der Waals surface area (Å²) >= 11 is 0. The summed E-state index contributed by atoms with van der Waals surface area (Å²) in [6.45, 7) is 0.733. The number of aromatic nitrogens is 4. The Balaban J connectivity index is 1.78. The van der Waals surface area contributed by atoms with Crippen LogP contribution in [0, 0.1) is 0 Å². The molecule has 9 nitrogen and oxygen atoms in total. The van der Waals surface area contributed by atoms with Crippen LogP contribution in [0.1, 0.15) is 19.1 Å². The molecule has 3 heterocycles. The van der Waals surface area contributed by atoms with Gasteiger partial charge in [0, 0.05) is 6.61 Å². The van der Waals surface area contributed by atoms with E-state index in [0.717, 1.165) is 19.4 Å². The smallest absolute Gasteiger partial charge is 0.224 e. The van der Waals surface area contributed by atoms with Crippen LogP contribution in [0.25, 0.3) is 11.2 Å². The fourth-order valence-electron chi connectivity index (χ4n) is 3.12. The summed E-state index contributed by atoms with van der Waals surface area (Å²) in [5, 5.41) is 3.23. The molecule has 1 unspecified atom stereocenters. The van der Waals surface area contributed by atoms with Gasteiger partial charge < -0.3 is 25.3 Å². The normalized spacial score (nSPS) is 16.8. The molecule has 0 spiro atoms. The Labute approximate surface area is 150 Å². The van der Waals surface area contributed by atoms with Crippen LogP contribution in [0.4, 0.5) is 17.5 Å². The van der Waals surface area contributed by atoms with Crippen LogP contribution in [0.5, 0.6) is 11.5 Å². The van der Waals surface area contributed by atoms with Crippen molar-refractivity contribution < 1.29 is 14.2 Å². The van der Waals surface area contributed by atoms with Gasteiger partial charge in [-0.3, -0.25) is 4.57 Å². The quantitative estimate of drug-likeness (QED) is 0.717. The van der Waals surface area contributed by atoms with Gasteiger partial charge in [-0.1, -0.05) is 6.07 Å². The molecule has 9 heteroatoms. The predicted molar refractivity (Wildman–Crippen MR) is 96.8 cm³/mol. The first-order valence-electron chi connectivity index (χ1n) is 8.31. The van der Waals surface area contributed by atoms with E-state index in [1.807, 2.05) is 22.8 Å².